The van der Waals surface area contributed by atoms with Crippen molar-refractivity contribution in [2.45, 2.75) is 20.0 Å². The van der Waals surface area contributed by atoms with Gasteiger partial charge in [-0.1, -0.05) is 11.6 Å². The maximum absolute atomic E-state index is 11.9. The number of ether oxygens (including phenoxy) is 2. The number of halogens is 1. The van der Waals surface area contributed by atoms with Crippen molar-refractivity contribution < 1.29 is 23.9 Å². The summed E-state index contributed by atoms with van der Waals surface area (Å²) in [6.45, 7) is 2.08. The fourth-order valence-corrected chi connectivity index (χ4v) is 2.69. The summed E-state index contributed by atoms with van der Waals surface area (Å²) in [5, 5.41) is 5.01. The third-order valence-electron chi connectivity index (χ3n) is 3.10. The summed E-state index contributed by atoms with van der Waals surface area (Å²) in [7, 11) is 0. The summed E-state index contributed by atoms with van der Waals surface area (Å²) < 4.78 is 9.91. The highest BCUT2D eigenvalue weighted by Crippen LogP contribution is 2.12. The van der Waals surface area contributed by atoms with Gasteiger partial charge in [-0.05, 0) is 31.2 Å². The van der Waals surface area contributed by atoms with Gasteiger partial charge in [0.2, 0.25) is 5.01 Å². The molecule has 0 fully saturated rings. The van der Waals surface area contributed by atoms with Gasteiger partial charge in [-0.2, -0.15) is 0 Å². The summed E-state index contributed by atoms with van der Waals surface area (Å²) in [5.41, 5.74) is 0.924. The first-order chi connectivity index (χ1) is 12.5. The van der Waals surface area contributed by atoms with E-state index < -0.39 is 11.9 Å². The standard InChI is InChI=1S/C17H17ClN2O5S/c1-2-24-17(23)16-20-13(10-26-16)9-25-14(21)7-8-19-15(22)11-3-5-12(18)6-4-11/h3-6,10H,2,7-9H2,1H3,(H,19,22). The molecule has 0 aliphatic heterocycles. The molecule has 138 valence electrons. The van der Waals surface area contributed by atoms with Gasteiger partial charge in [0.1, 0.15) is 6.61 Å². The molecule has 0 atom stereocenters. The van der Waals surface area contributed by atoms with E-state index in [2.05, 4.69) is 10.3 Å². The average molecular weight is 397 g/mol. The fourth-order valence-electron chi connectivity index (χ4n) is 1.87. The molecule has 0 bridgehead atoms. The second-order valence-corrected chi connectivity index (χ2v) is 6.33. The van der Waals surface area contributed by atoms with Crippen LogP contribution in [0.4, 0.5) is 0 Å². The Kier molecular flexibility index (Phi) is 7.55. The third-order valence-corrected chi connectivity index (χ3v) is 4.23. The van der Waals surface area contributed by atoms with Crippen LogP contribution in [0.1, 0.15) is 39.2 Å². The Morgan fingerprint density at radius 2 is 1.92 bits per heavy atom. The first-order valence-electron chi connectivity index (χ1n) is 7.80. The maximum Gasteiger partial charge on any atom is 0.367 e. The van der Waals surface area contributed by atoms with Gasteiger partial charge in [-0.25, -0.2) is 9.78 Å². The van der Waals surface area contributed by atoms with Crippen LogP contribution in [0.15, 0.2) is 29.6 Å². The zero-order chi connectivity index (χ0) is 18.9. The highest BCUT2D eigenvalue weighted by molar-refractivity contribution is 7.11. The van der Waals surface area contributed by atoms with Crippen molar-refractivity contribution in [3.05, 3.63) is 50.9 Å². The number of aromatic nitrogens is 1. The van der Waals surface area contributed by atoms with Crippen molar-refractivity contribution in [2.24, 2.45) is 0 Å². The van der Waals surface area contributed by atoms with Crippen molar-refractivity contribution in [3.63, 3.8) is 0 Å². The Bertz CT molecular complexity index is 776. The minimum atomic E-state index is -0.500. The van der Waals surface area contributed by atoms with Crippen molar-refractivity contribution in [1.29, 1.82) is 0 Å². The van der Waals surface area contributed by atoms with Gasteiger partial charge in [0.05, 0.1) is 18.7 Å². The summed E-state index contributed by atoms with van der Waals surface area (Å²) in [6.07, 6.45) is 0.0220. The van der Waals surface area contributed by atoms with E-state index in [4.69, 9.17) is 21.1 Å². The molecule has 0 spiro atoms. The lowest BCUT2D eigenvalue weighted by molar-refractivity contribution is -0.144. The van der Waals surface area contributed by atoms with Crippen LogP contribution in [0.2, 0.25) is 5.02 Å². The number of carbonyl (C=O) groups is 3. The van der Waals surface area contributed by atoms with E-state index in [1.54, 1.807) is 36.6 Å². The first-order valence-corrected chi connectivity index (χ1v) is 9.06. The minimum Gasteiger partial charge on any atom is -0.461 e. The maximum atomic E-state index is 11.9. The smallest absolute Gasteiger partial charge is 0.367 e. The lowest BCUT2D eigenvalue weighted by Gasteiger charge is -2.06. The number of esters is 2. The number of amides is 1. The molecule has 1 aromatic heterocycles. The molecule has 0 unspecified atom stereocenters. The Balaban J connectivity index is 1.70. The molecule has 1 aromatic carbocycles. The Morgan fingerprint density at radius 1 is 1.19 bits per heavy atom. The number of nitrogens with one attached hydrogen (secondary N) is 1. The third kappa shape index (κ3) is 6.12. The van der Waals surface area contributed by atoms with E-state index in [0.29, 0.717) is 16.3 Å². The average Bonchev–Trinajstić information content (AvgIpc) is 3.10. The molecule has 0 aliphatic rings. The van der Waals surface area contributed by atoms with Crippen LogP contribution in [-0.4, -0.2) is 36.0 Å². The topological polar surface area (TPSA) is 94.6 Å². The number of rotatable bonds is 8. The molecule has 1 N–H and O–H groups in total. The van der Waals surface area contributed by atoms with Crippen LogP contribution in [-0.2, 0) is 20.9 Å². The van der Waals surface area contributed by atoms with Gasteiger partial charge in [0.15, 0.2) is 0 Å². The molecule has 0 saturated carbocycles. The largest absolute Gasteiger partial charge is 0.461 e. The molecular formula is C17H17ClN2O5S. The molecule has 7 nitrogen and oxygen atoms in total. The van der Waals surface area contributed by atoms with Crippen LogP contribution in [0, 0.1) is 0 Å². The number of thiazole rings is 1. The second-order valence-electron chi connectivity index (χ2n) is 5.04. The number of carbonyl (C=O) groups excluding carboxylic acids is 3. The van der Waals surface area contributed by atoms with E-state index in [9.17, 15) is 14.4 Å². The highest BCUT2D eigenvalue weighted by Gasteiger charge is 2.13. The summed E-state index contributed by atoms with van der Waals surface area (Å²) in [5.74, 6) is -1.28. The second kappa shape index (κ2) is 9.88. The van der Waals surface area contributed by atoms with Gasteiger partial charge < -0.3 is 14.8 Å². The van der Waals surface area contributed by atoms with Crippen molar-refractivity contribution in [3.8, 4) is 0 Å². The number of hydrogen-bond donors (Lipinski definition) is 1. The molecule has 1 heterocycles. The monoisotopic (exact) mass is 396 g/mol. The minimum absolute atomic E-state index is 0.0220. The van der Waals surface area contributed by atoms with Gasteiger partial charge >= 0.3 is 11.9 Å². The fraction of sp³-hybridized carbons (Fsp3) is 0.294. The van der Waals surface area contributed by atoms with E-state index in [-0.39, 0.29) is 37.1 Å². The summed E-state index contributed by atoms with van der Waals surface area (Å²) >= 11 is 6.89. The molecule has 26 heavy (non-hydrogen) atoms. The number of nitrogens with zero attached hydrogens (tertiary/aromatic N) is 1. The molecule has 2 aromatic rings. The van der Waals surface area contributed by atoms with E-state index in [1.807, 2.05) is 0 Å². The summed E-state index contributed by atoms with van der Waals surface area (Å²) in [4.78, 5) is 39.1. The predicted molar refractivity (Wildman–Crippen MR) is 96.3 cm³/mol. The molecule has 1 amide bonds. The van der Waals surface area contributed by atoms with Crippen LogP contribution in [0.5, 0.6) is 0 Å². The van der Waals surface area contributed by atoms with Gasteiger partial charge in [-0.3, -0.25) is 9.59 Å². The van der Waals surface area contributed by atoms with Crippen LogP contribution >= 0.6 is 22.9 Å². The van der Waals surface area contributed by atoms with E-state index in [1.165, 1.54) is 0 Å². The summed E-state index contributed by atoms with van der Waals surface area (Å²) in [6, 6.07) is 6.42. The SMILES string of the molecule is CCOC(=O)c1nc(COC(=O)CCNC(=O)c2ccc(Cl)cc2)cs1. The quantitative estimate of drug-likeness (QED) is 0.689. The predicted octanol–water partition coefficient (Wildman–Crippen LogP) is 2.84. The van der Waals surface area contributed by atoms with Crippen molar-refractivity contribution in [2.75, 3.05) is 13.2 Å². The Hall–Kier alpha value is -2.45. The molecule has 9 heteroatoms. The van der Waals surface area contributed by atoms with Crippen LogP contribution in [0.3, 0.4) is 0 Å². The zero-order valence-electron chi connectivity index (χ0n) is 14.0. The van der Waals surface area contributed by atoms with E-state index >= 15 is 0 Å². The molecule has 2 rings (SSSR count). The first kappa shape index (κ1) is 19.9. The van der Waals surface area contributed by atoms with Gasteiger partial charge in [0.25, 0.3) is 5.91 Å². The van der Waals surface area contributed by atoms with Crippen LogP contribution in [0.25, 0.3) is 0 Å². The molecule has 0 saturated heterocycles. The van der Waals surface area contributed by atoms with Crippen molar-refractivity contribution in [1.82, 2.24) is 10.3 Å². The highest BCUT2D eigenvalue weighted by atomic mass is 35.5. The van der Waals surface area contributed by atoms with Crippen molar-refractivity contribution >= 4 is 40.8 Å². The Morgan fingerprint density at radius 3 is 2.62 bits per heavy atom. The molecular weight excluding hydrogens is 380 g/mol. The van der Waals surface area contributed by atoms with E-state index in [0.717, 1.165) is 11.3 Å². The number of hydrogen-bond acceptors (Lipinski definition) is 7. The van der Waals surface area contributed by atoms with Gasteiger partial charge in [-0.15, -0.1) is 11.3 Å². The Labute approximate surface area is 159 Å². The molecule has 0 aliphatic carbocycles. The number of benzene rings is 1. The normalized spacial score (nSPS) is 10.2. The zero-order valence-corrected chi connectivity index (χ0v) is 15.6. The van der Waals surface area contributed by atoms with Gasteiger partial charge in [0, 0.05) is 22.5 Å². The lowest BCUT2D eigenvalue weighted by Crippen LogP contribution is -2.26. The molecule has 0 radical (unpaired) electrons. The van der Waals surface area contributed by atoms with Crippen LogP contribution < -0.4 is 5.32 Å². The lowest BCUT2D eigenvalue weighted by atomic mass is 10.2.